The minimum Gasteiger partial charge on any atom is -0.383 e. The number of thioether (sulfide) groups is 1. The normalized spacial score (nSPS) is 18.6. The van der Waals surface area contributed by atoms with Crippen molar-refractivity contribution >= 4 is 23.6 Å². The van der Waals surface area contributed by atoms with E-state index in [2.05, 4.69) is 0 Å². The van der Waals surface area contributed by atoms with Crippen LogP contribution < -0.4 is 0 Å². The number of hydrogen-bond acceptors (Lipinski definition) is 4. The van der Waals surface area contributed by atoms with E-state index < -0.39 is 0 Å². The van der Waals surface area contributed by atoms with Gasteiger partial charge in [-0.15, -0.1) is 11.8 Å². The first-order valence-electron chi connectivity index (χ1n) is 3.65. The van der Waals surface area contributed by atoms with Gasteiger partial charge in [0, 0.05) is 7.11 Å². The highest BCUT2D eigenvalue weighted by atomic mass is 32.2. The van der Waals surface area contributed by atoms with Crippen LogP contribution in [-0.4, -0.2) is 48.5 Å². The van der Waals surface area contributed by atoms with Crippen LogP contribution in [0, 0.1) is 0 Å². The van der Waals surface area contributed by atoms with Crippen LogP contribution in [0.5, 0.6) is 0 Å². The van der Waals surface area contributed by atoms with Gasteiger partial charge in [-0.25, -0.2) is 0 Å². The molecular formula is C7H11NO3S. The third-order valence-corrected chi connectivity index (χ3v) is 2.47. The maximum Gasteiger partial charge on any atom is 0.239 e. The molecular weight excluding hydrogens is 178 g/mol. The maximum absolute atomic E-state index is 11.1. The van der Waals surface area contributed by atoms with Gasteiger partial charge in [0.1, 0.15) is 0 Å². The lowest BCUT2D eigenvalue weighted by molar-refractivity contribution is -0.142. The summed E-state index contributed by atoms with van der Waals surface area (Å²) in [6.45, 7) is 0.802. The summed E-state index contributed by atoms with van der Waals surface area (Å²) in [6, 6.07) is 0. The predicted octanol–water partition coefficient (Wildman–Crippen LogP) is -0.265. The minimum absolute atomic E-state index is 0.103. The Morgan fingerprint density at radius 2 is 2.00 bits per heavy atom. The van der Waals surface area contributed by atoms with E-state index >= 15 is 0 Å². The van der Waals surface area contributed by atoms with E-state index in [4.69, 9.17) is 4.74 Å². The van der Waals surface area contributed by atoms with Crippen molar-refractivity contribution in [2.45, 2.75) is 0 Å². The fourth-order valence-corrected chi connectivity index (χ4v) is 1.72. The van der Waals surface area contributed by atoms with E-state index in [1.807, 2.05) is 0 Å². The maximum atomic E-state index is 11.1. The molecule has 1 aliphatic rings. The summed E-state index contributed by atoms with van der Waals surface area (Å²) in [4.78, 5) is 23.5. The number of carbonyl (C=O) groups is 2. The molecule has 5 heteroatoms. The fourth-order valence-electron chi connectivity index (χ4n) is 0.953. The van der Waals surface area contributed by atoms with Crippen molar-refractivity contribution in [1.82, 2.24) is 4.90 Å². The molecule has 0 aromatic heterocycles. The second kappa shape index (κ2) is 4.47. The van der Waals surface area contributed by atoms with Gasteiger partial charge in [0.05, 0.1) is 24.7 Å². The van der Waals surface area contributed by atoms with Crippen LogP contribution in [0.1, 0.15) is 0 Å². The predicted molar refractivity (Wildman–Crippen MR) is 45.9 cm³/mol. The molecule has 0 radical (unpaired) electrons. The Labute approximate surface area is 75.2 Å². The first-order valence-corrected chi connectivity index (χ1v) is 4.81. The van der Waals surface area contributed by atoms with Crippen LogP contribution in [0.2, 0.25) is 0 Å². The fraction of sp³-hybridized carbons (Fsp3) is 0.714. The van der Waals surface area contributed by atoms with E-state index in [0.717, 1.165) is 0 Å². The number of nitrogens with zero attached hydrogens (tertiary/aromatic N) is 1. The molecule has 1 aliphatic heterocycles. The van der Waals surface area contributed by atoms with E-state index in [1.54, 1.807) is 7.11 Å². The van der Waals surface area contributed by atoms with Crippen molar-refractivity contribution < 1.29 is 14.3 Å². The molecule has 0 saturated carbocycles. The average molecular weight is 189 g/mol. The van der Waals surface area contributed by atoms with Gasteiger partial charge in [-0.3, -0.25) is 14.5 Å². The minimum atomic E-state index is -0.103. The molecule has 0 atom stereocenters. The van der Waals surface area contributed by atoms with Crippen LogP contribution in [0.3, 0.4) is 0 Å². The second-order valence-electron chi connectivity index (χ2n) is 2.42. The lowest BCUT2D eigenvalue weighted by Gasteiger charge is -2.23. The molecule has 0 unspecified atom stereocenters. The van der Waals surface area contributed by atoms with Gasteiger partial charge >= 0.3 is 0 Å². The molecule has 0 aliphatic carbocycles. The Kier molecular flexibility index (Phi) is 3.55. The van der Waals surface area contributed by atoms with E-state index in [9.17, 15) is 9.59 Å². The number of ether oxygens (including phenoxy) is 1. The largest absolute Gasteiger partial charge is 0.383 e. The molecule has 0 aromatic carbocycles. The molecule has 1 fully saturated rings. The summed E-state index contributed by atoms with van der Waals surface area (Å²) < 4.78 is 4.79. The molecule has 1 rings (SSSR count). The van der Waals surface area contributed by atoms with Crippen LogP contribution in [0.4, 0.5) is 0 Å². The Morgan fingerprint density at radius 3 is 2.50 bits per heavy atom. The van der Waals surface area contributed by atoms with Crippen LogP contribution in [-0.2, 0) is 14.3 Å². The zero-order valence-corrected chi connectivity index (χ0v) is 7.73. The smallest absolute Gasteiger partial charge is 0.239 e. The summed E-state index contributed by atoms with van der Waals surface area (Å²) in [5.41, 5.74) is 0. The average Bonchev–Trinajstić information content (AvgIpc) is 2.04. The number of imide groups is 1. The zero-order chi connectivity index (χ0) is 8.97. The standard InChI is InChI=1S/C7H11NO3S/c1-11-3-2-8-6(9)4-12-5-7(8)10/h2-5H2,1H3. The summed E-state index contributed by atoms with van der Waals surface area (Å²) in [5, 5.41) is 0. The number of methoxy groups -OCH3 is 1. The molecule has 68 valence electrons. The quantitative estimate of drug-likeness (QED) is 0.574. The van der Waals surface area contributed by atoms with Crippen LogP contribution in [0.25, 0.3) is 0 Å². The molecule has 0 N–H and O–H groups in total. The molecule has 1 heterocycles. The van der Waals surface area contributed by atoms with Gasteiger partial charge in [-0.1, -0.05) is 0 Å². The summed E-state index contributed by atoms with van der Waals surface area (Å²) in [7, 11) is 1.55. The molecule has 2 amide bonds. The van der Waals surface area contributed by atoms with Gasteiger partial charge in [0.15, 0.2) is 0 Å². The highest BCUT2D eigenvalue weighted by molar-refractivity contribution is 8.00. The topological polar surface area (TPSA) is 46.6 Å². The monoisotopic (exact) mass is 189 g/mol. The molecule has 1 saturated heterocycles. The Hall–Kier alpha value is -0.550. The first-order chi connectivity index (χ1) is 5.75. The van der Waals surface area contributed by atoms with Crippen LogP contribution in [0.15, 0.2) is 0 Å². The second-order valence-corrected chi connectivity index (χ2v) is 3.41. The third-order valence-electron chi connectivity index (χ3n) is 1.57. The van der Waals surface area contributed by atoms with Crippen molar-refractivity contribution in [1.29, 1.82) is 0 Å². The molecule has 0 aromatic rings. The van der Waals surface area contributed by atoms with Crippen molar-refractivity contribution in [3.8, 4) is 0 Å². The van der Waals surface area contributed by atoms with Gasteiger partial charge in [0.2, 0.25) is 11.8 Å². The van der Waals surface area contributed by atoms with Crippen molar-refractivity contribution in [2.75, 3.05) is 31.8 Å². The highest BCUT2D eigenvalue weighted by Crippen LogP contribution is 2.11. The zero-order valence-electron chi connectivity index (χ0n) is 6.91. The van der Waals surface area contributed by atoms with Crippen molar-refractivity contribution in [2.24, 2.45) is 0 Å². The highest BCUT2D eigenvalue weighted by Gasteiger charge is 2.25. The molecule has 12 heavy (non-hydrogen) atoms. The van der Waals surface area contributed by atoms with Crippen molar-refractivity contribution in [3.05, 3.63) is 0 Å². The number of carbonyl (C=O) groups excluding carboxylic acids is 2. The van der Waals surface area contributed by atoms with Crippen LogP contribution >= 0.6 is 11.8 Å². The number of rotatable bonds is 3. The number of hydrogen-bond donors (Lipinski definition) is 0. The summed E-state index contributed by atoms with van der Waals surface area (Å²) in [5.74, 6) is 0.617. The molecule has 0 bridgehead atoms. The summed E-state index contributed by atoms with van der Waals surface area (Å²) >= 11 is 1.37. The number of amides is 2. The summed E-state index contributed by atoms with van der Waals surface area (Å²) in [6.07, 6.45) is 0. The van der Waals surface area contributed by atoms with Gasteiger partial charge in [-0.2, -0.15) is 0 Å². The Morgan fingerprint density at radius 1 is 1.42 bits per heavy atom. The van der Waals surface area contributed by atoms with Crippen molar-refractivity contribution in [3.63, 3.8) is 0 Å². The lowest BCUT2D eigenvalue weighted by atomic mass is 10.4. The van der Waals surface area contributed by atoms with Gasteiger partial charge in [0.25, 0.3) is 0 Å². The SMILES string of the molecule is COCCN1C(=O)CSCC1=O. The van der Waals surface area contributed by atoms with E-state index in [-0.39, 0.29) is 11.8 Å². The van der Waals surface area contributed by atoms with E-state index in [1.165, 1.54) is 16.7 Å². The van der Waals surface area contributed by atoms with Gasteiger partial charge < -0.3 is 4.74 Å². The van der Waals surface area contributed by atoms with E-state index in [0.29, 0.717) is 24.7 Å². The third kappa shape index (κ3) is 2.22. The van der Waals surface area contributed by atoms with Gasteiger partial charge in [-0.05, 0) is 0 Å². The Balaban J connectivity index is 2.45. The Bertz CT molecular complexity index is 179. The lowest BCUT2D eigenvalue weighted by Crippen LogP contribution is -2.44. The molecule has 0 spiro atoms. The first kappa shape index (κ1) is 9.54. The molecule has 4 nitrogen and oxygen atoms in total.